The van der Waals surface area contributed by atoms with E-state index in [4.69, 9.17) is 15.2 Å². The maximum Gasteiger partial charge on any atom is 0.205 e. The van der Waals surface area contributed by atoms with E-state index >= 15 is 0 Å². The van der Waals surface area contributed by atoms with Gasteiger partial charge in [-0.1, -0.05) is 30.3 Å². The minimum absolute atomic E-state index is 0.150. The number of rotatable bonds is 2. The molecule has 0 saturated heterocycles. The maximum absolute atomic E-state index is 9.52. The summed E-state index contributed by atoms with van der Waals surface area (Å²) in [6, 6.07) is 15.8. The van der Waals surface area contributed by atoms with Crippen LogP contribution in [0.4, 0.5) is 0 Å². The van der Waals surface area contributed by atoms with E-state index in [1.54, 1.807) is 13.2 Å². The topological polar surface area (TPSA) is 68.3 Å². The molecule has 0 fully saturated rings. The molecule has 3 rings (SSSR count). The molecule has 0 amide bonds. The highest BCUT2D eigenvalue weighted by molar-refractivity contribution is 5.58. The Kier molecular flexibility index (Phi) is 3.48. The quantitative estimate of drug-likeness (QED) is 0.922. The molecule has 0 bridgehead atoms. The molecule has 2 N–H and O–H groups in total. The number of aryl methyl sites for hydroxylation is 1. The lowest BCUT2D eigenvalue weighted by Crippen LogP contribution is -2.21. The van der Waals surface area contributed by atoms with Crippen molar-refractivity contribution < 1.29 is 9.47 Å². The van der Waals surface area contributed by atoms with Crippen LogP contribution in [0, 0.1) is 18.3 Å². The first-order chi connectivity index (χ1) is 10.7. The van der Waals surface area contributed by atoms with E-state index in [1.165, 1.54) is 0 Å². The molecule has 1 aliphatic rings. The average Bonchev–Trinajstić information content (AvgIpc) is 2.53. The third kappa shape index (κ3) is 2.17. The van der Waals surface area contributed by atoms with Crippen LogP contribution in [0.2, 0.25) is 0 Å². The first-order valence-electron chi connectivity index (χ1n) is 6.96. The van der Waals surface area contributed by atoms with E-state index in [0.29, 0.717) is 17.1 Å². The minimum Gasteiger partial charge on any atom is -0.497 e. The second-order valence-electron chi connectivity index (χ2n) is 5.19. The highest BCUT2D eigenvalue weighted by atomic mass is 16.5. The summed E-state index contributed by atoms with van der Waals surface area (Å²) in [4.78, 5) is 0. The summed E-state index contributed by atoms with van der Waals surface area (Å²) in [6.07, 6.45) is 0. The highest BCUT2D eigenvalue weighted by Gasteiger charge is 2.31. The van der Waals surface area contributed by atoms with Crippen LogP contribution in [-0.4, -0.2) is 7.11 Å². The molecule has 1 atom stereocenters. The van der Waals surface area contributed by atoms with Gasteiger partial charge in [0.05, 0.1) is 13.0 Å². The minimum atomic E-state index is -0.221. The summed E-state index contributed by atoms with van der Waals surface area (Å²) in [5, 5.41) is 9.52. The molecule has 110 valence electrons. The molecule has 1 heterocycles. The molecular formula is C18H16N2O2. The summed E-state index contributed by atoms with van der Waals surface area (Å²) in [5.41, 5.74) is 9.48. The molecule has 4 nitrogen and oxygen atoms in total. The second-order valence-corrected chi connectivity index (χ2v) is 5.19. The lowest BCUT2D eigenvalue weighted by Gasteiger charge is -2.27. The third-order valence-corrected chi connectivity index (χ3v) is 3.93. The number of hydrogen-bond donors (Lipinski definition) is 1. The van der Waals surface area contributed by atoms with Crippen LogP contribution in [0.3, 0.4) is 0 Å². The average molecular weight is 292 g/mol. The Morgan fingerprint density at radius 1 is 1.18 bits per heavy atom. The predicted octanol–water partition coefficient (Wildman–Crippen LogP) is 3.22. The van der Waals surface area contributed by atoms with Gasteiger partial charge in [0, 0.05) is 11.6 Å². The van der Waals surface area contributed by atoms with Crippen LogP contribution in [0.5, 0.6) is 11.5 Å². The molecular weight excluding hydrogens is 276 g/mol. The number of hydrogen-bond acceptors (Lipinski definition) is 4. The standard InChI is InChI=1S/C18H16N2O2/c1-11-5-3-4-6-13(11)17-14-8-7-12(21-2)9-16(14)22-18(20)15(17)10-19/h3-9,17H,20H2,1-2H3/t17-/m0/s1. The highest BCUT2D eigenvalue weighted by Crippen LogP contribution is 2.44. The summed E-state index contributed by atoms with van der Waals surface area (Å²) < 4.78 is 10.9. The molecule has 0 radical (unpaired) electrons. The van der Waals surface area contributed by atoms with Crippen molar-refractivity contribution in [2.24, 2.45) is 5.73 Å². The van der Waals surface area contributed by atoms with Gasteiger partial charge in [-0.2, -0.15) is 5.26 Å². The summed E-state index contributed by atoms with van der Waals surface area (Å²) in [7, 11) is 1.60. The van der Waals surface area contributed by atoms with Crippen molar-refractivity contribution in [2.45, 2.75) is 12.8 Å². The number of benzene rings is 2. The van der Waals surface area contributed by atoms with Gasteiger partial charge in [0.2, 0.25) is 5.88 Å². The van der Waals surface area contributed by atoms with Crippen molar-refractivity contribution in [3.63, 3.8) is 0 Å². The van der Waals surface area contributed by atoms with Gasteiger partial charge in [0.1, 0.15) is 23.1 Å². The lowest BCUT2D eigenvalue weighted by atomic mass is 9.82. The zero-order chi connectivity index (χ0) is 15.7. The normalized spacial score (nSPS) is 16.5. The number of nitrogens with two attached hydrogens (primary N) is 1. The largest absolute Gasteiger partial charge is 0.497 e. The van der Waals surface area contributed by atoms with E-state index in [1.807, 2.05) is 43.3 Å². The molecule has 0 aliphatic carbocycles. The fourth-order valence-corrected chi connectivity index (χ4v) is 2.79. The van der Waals surface area contributed by atoms with Gasteiger partial charge >= 0.3 is 0 Å². The van der Waals surface area contributed by atoms with Crippen molar-refractivity contribution >= 4 is 0 Å². The van der Waals surface area contributed by atoms with Crippen LogP contribution in [0.1, 0.15) is 22.6 Å². The van der Waals surface area contributed by atoms with Gasteiger partial charge in [0.25, 0.3) is 0 Å². The Labute approximate surface area is 129 Å². The smallest absolute Gasteiger partial charge is 0.205 e. The monoisotopic (exact) mass is 292 g/mol. The van der Waals surface area contributed by atoms with Crippen molar-refractivity contribution in [3.8, 4) is 17.6 Å². The fourth-order valence-electron chi connectivity index (χ4n) is 2.79. The number of allylic oxidation sites excluding steroid dienone is 1. The van der Waals surface area contributed by atoms with Crippen LogP contribution in [-0.2, 0) is 0 Å². The van der Waals surface area contributed by atoms with Crippen LogP contribution >= 0.6 is 0 Å². The van der Waals surface area contributed by atoms with Crippen LogP contribution < -0.4 is 15.2 Å². The van der Waals surface area contributed by atoms with E-state index in [9.17, 15) is 5.26 Å². The first-order valence-corrected chi connectivity index (χ1v) is 6.96. The van der Waals surface area contributed by atoms with E-state index < -0.39 is 0 Å². The van der Waals surface area contributed by atoms with Crippen LogP contribution in [0.15, 0.2) is 53.9 Å². The van der Waals surface area contributed by atoms with Crippen LogP contribution in [0.25, 0.3) is 0 Å². The van der Waals surface area contributed by atoms with Crippen molar-refractivity contribution in [2.75, 3.05) is 7.11 Å². The van der Waals surface area contributed by atoms with Gasteiger partial charge < -0.3 is 15.2 Å². The van der Waals surface area contributed by atoms with E-state index in [0.717, 1.165) is 16.7 Å². The first kappa shape index (κ1) is 14.0. The van der Waals surface area contributed by atoms with Crippen molar-refractivity contribution in [3.05, 3.63) is 70.6 Å². The fraction of sp³-hybridized carbons (Fsp3) is 0.167. The summed E-state index contributed by atoms with van der Waals surface area (Å²) in [5.74, 6) is 1.25. The molecule has 0 saturated carbocycles. The molecule has 0 spiro atoms. The Hall–Kier alpha value is -2.93. The second kappa shape index (κ2) is 5.45. The number of ether oxygens (including phenoxy) is 2. The Morgan fingerprint density at radius 2 is 1.95 bits per heavy atom. The van der Waals surface area contributed by atoms with E-state index in [2.05, 4.69) is 6.07 Å². The Balaban J connectivity index is 2.24. The molecule has 22 heavy (non-hydrogen) atoms. The summed E-state index contributed by atoms with van der Waals surface area (Å²) >= 11 is 0. The lowest BCUT2D eigenvalue weighted by molar-refractivity contribution is 0.381. The Bertz CT molecular complexity index is 803. The number of nitriles is 1. The van der Waals surface area contributed by atoms with Gasteiger partial charge in [-0.3, -0.25) is 0 Å². The molecule has 0 unspecified atom stereocenters. The zero-order valence-electron chi connectivity index (χ0n) is 12.5. The van der Waals surface area contributed by atoms with Crippen molar-refractivity contribution in [1.82, 2.24) is 0 Å². The molecule has 0 aromatic heterocycles. The van der Waals surface area contributed by atoms with Gasteiger partial charge in [-0.15, -0.1) is 0 Å². The molecule has 2 aromatic carbocycles. The van der Waals surface area contributed by atoms with Gasteiger partial charge in [0.15, 0.2) is 0 Å². The van der Waals surface area contributed by atoms with Crippen molar-refractivity contribution in [1.29, 1.82) is 5.26 Å². The van der Waals surface area contributed by atoms with Gasteiger partial charge in [-0.25, -0.2) is 0 Å². The third-order valence-electron chi connectivity index (χ3n) is 3.93. The Morgan fingerprint density at radius 3 is 2.64 bits per heavy atom. The van der Waals surface area contributed by atoms with E-state index in [-0.39, 0.29) is 11.8 Å². The summed E-state index contributed by atoms with van der Waals surface area (Å²) in [6.45, 7) is 2.03. The SMILES string of the molecule is COc1ccc2c(c1)OC(N)=C(C#N)[C@H]2c1ccccc1C. The number of nitrogens with zero attached hydrogens (tertiary/aromatic N) is 1. The molecule has 2 aromatic rings. The number of fused-ring (bicyclic) bond motifs is 1. The predicted molar refractivity (Wildman–Crippen MR) is 83.5 cm³/mol. The number of methoxy groups -OCH3 is 1. The van der Waals surface area contributed by atoms with Gasteiger partial charge in [-0.05, 0) is 24.1 Å². The zero-order valence-corrected chi connectivity index (χ0v) is 12.5. The molecule has 1 aliphatic heterocycles. The molecule has 4 heteroatoms. The maximum atomic E-state index is 9.52.